The Kier molecular flexibility index (Phi) is 8.63. The molecule has 0 saturated heterocycles. The van der Waals surface area contributed by atoms with E-state index in [4.69, 9.17) is 10.6 Å². The van der Waals surface area contributed by atoms with Gasteiger partial charge < -0.3 is 4.74 Å². The lowest BCUT2D eigenvalue weighted by Gasteiger charge is -2.26. The molecule has 0 aromatic carbocycles. The van der Waals surface area contributed by atoms with Gasteiger partial charge in [0.15, 0.2) is 0 Å². The number of ether oxygens (including phenoxy) is 1. The van der Waals surface area contributed by atoms with E-state index in [1.54, 1.807) is 7.11 Å². The Balaban J connectivity index is 0. The SMILES string of the molecule is COC1(CNN)CCCC1.Cl.Cl. The number of nitrogens with two attached hydrogens (primary N) is 1. The molecular formula is C7H18Cl2N2O. The maximum absolute atomic E-state index is 5.40. The topological polar surface area (TPSA) is 47.3 Å². The lowest BCUT2D eigenvalue weighted by Crippen LogP contribution is -2.42. The Morgan fingerprint density at radius 3 is 2.17 bits per heavy atom. The molecule has 76 valence electrons. The third-order valence-corrected chi connectivity index (χ3v) is 2.37. The summed E-state index contributed by atoms with van der Waals surface area (Å²) in [7, 11) is 1.77. The minimum absolute atomic E-state index is 0. The van der Waals surface area contributed by atoms with Gasteiger partial charge >= 0.3 is 0 Å². The van der Waals surface area contributed by atoms with Gasteiger partial charge in [-0.25, -0.2) is 0 Å². The summed E-state index contributed by atoms with van der Waals surface area (Å²) in [5, 5.41) is 0. The Bertz CT molecular complexity index is 108. The molecule has 0 unspecified atom stereocenters. The van der Waals surface area contributed by atoms with Gasteiger partial charge in [-0.15, -0.1) is 24.8 Å². The lowest BCUT2D eigenvalue weighted by molar-refractivity contribution is -0.00307. The molecule has 1 saturated carbocycles. The normalized spacial score (nSPS) is 19.5. The smallest absolute Gasteiger partial charge is 0.0816 e. The van der Waals surface area contributed by atoms with Crippen LogP contribution in [-0.2, 0) is 4.74 Å². The average molecular weight is 217 g/mol. The van der Waals surface area contributed by atoms with Crippen molar-refractivity contribution in [3.63, 3.8) is 0 Å². The van der Waals surface area contributed by atoms with Gasteiger partial charge in [0.2, 0.25) is 0 Å². The van der Waals surface area contributed by atoms with Crippen LogP contribution in [0.25, 0.3) is 0 Å². The van der Waals surface area contributed by atoms with Crippen LogP contribution in [0.15, 0.2) is 0 Å². The molecule has 3 nitrogen and oxygen atoms in total. The van der Waals surface area contributed by atoms with Crippen molar-refractivity contribution in [1.82, 2.24) is 5.43 Å². The second-order valence-corrected chi connectivity index (χ2v) is 2.98. The zero-order chi connectivity index (χ0) is 7.45. The van der Waals surface area contributed by atoms with Gasteiger partial charge in [-0.05, 0) is 12.8 Å². The highest BCUT2D eigenvalue weighted by Crippen LogP contribution is 2.31. The monoisotopic (exact) mass is 216 g/mol. The first-order chi connectivity index (χ1) is 4.83. The molecule has 0 aromatic heterocycles. The molecule has 1 aliphatic rings. The van der Waals surface area contributed by atoms with E-state index in [0.29, 0.717) is 0 Å². The Morgan fingerprint density at radius 1 is 1.33 bits per heavy atom. The summed E-state index contributed by atoms with van der Waals surface area (Å²) in [6, 6.07) is 0. The Hall–Kier alpha value is 0.460. The van der Waals surface area contributed by atoms with Crippen LogP contribution in [0.5, 0.6) is 0 Å². The molecule has 1 aliphatic carbocycles. The van der Waals surface area contributed by atoms with Gasteiger partial charge in [-0.3, -0.25) is 11.3 Å². The predicted molar refractivity (Wildman–Crippen MR) is 54.9 cm³/mol. The lowest BCUT2D eigenvalue weighted by atomic mass is 10.0. The van der Waals surface area contributed by atoms with Crippen molar-refractivity contribution in [3.8, 4) is 0 Å². The van der Waals surface area contributed by atoms with E-state index in [9.17, 15) is 0 Å². The number of hydrogen-bond acceptors (Lipinski definition) is 3. The summed E-state index contributed by atoms with van der Waals surface area (Å²) in [4.78, 5) is 0. The molecule has 0 aromatic rings. The molecule has 1 fully saturated rings. The molecule has 5 heteroatoms. The van der Waals surface area contributed by atoms with Crippen molar-refractivity contribution in [3.05, 3.63) is 0 Å². The van der Waals surface area contributed by atoms with Crippen LogP contribution in [0.2, 0.25) is 0 Å². The summed E-state index contributed by atoms with van der Waals surface area (Å²) < 4.78 is 5.40. The Labute approximate surface area is 86.2 Å². The maximum Gasteiger partial charge on any atom is 0.0816 e. The molecule has 0 aliphatic heterocycles. The maximum atomic E-state index is 5.40. The fourth-order valence-corrected chi connectivity index (χ4v) is 1.66. The van der Waals surface area contributed by atoms with E-state index in [0.717, 1.165) is 19.4 Å². The van der Waals surface area contributed by atoms with Crippen LogP contribution < -0.4 is 11.3 Å². The third kappa shape index (κ3) is 3.46. The molecule has 0 radical (unpaired) electrons. The van der Waals surface area contributed by atoms with Gasteiger partial charge in [0, 0.05) is 13.7 Å². The minimum Gasteiger partial charge on any atom is -0.377 e. The third-order valence-electron chi connectivity index (χ3n) is 2.37. The van der Waals surface area contributed by atoms with E-state index in [-0.39, 0.29) is 30.4 Å². The highest BCUT2D eigenvalue weighted by Gasteiger charge is 2.32. The van der Waals surface area contributed by atoms with E-state index in [1.807, 2.05) is 0 Å². The van der Waals surface area contributed by atoms with Crippen molar-refractivity contribution in [2.75, 3.05) is 13.7 Å². The molecule has 0 heterocycles. The number of methoxy groups -OCH3 is 1. The summed E-state index contributed by atoms with van der Waals surface area (Å²) in [5.74, 6) is 5.24. The van der Waals surface area contributed by atoms with E-state index >= 15 is 0 Å². The van der Waals surface area contributed by atoms with Crippen molar-refractivity contribution < 1.29 is 4.74 Å². The minimum atomic E-state index is 0. The highest BCUT2D eigenvalue weighted by atomic mass is 35.5. The summed E-state index contributed by atoms with van der Waals surface area (Å²) >= 11 is 0. The van der Waals surface area contributed by atoms with Crippen LogP contribution in [0.3, 0.4) is 0 Å². The first-order valence-corrected chi connectivity index (χ1v) is 3.82. The quantitative estimate of drug-likeness (QED) is 0.552. The van der Waals surface area contributed by atoms with E-state index in [1.165, 1.54) is 12.8 Å². The van der Waals surface area contributed by atoms with Gasteiger partial charge in [0.05, 0.1) is 5.60 Å². The molecule has 12 heavy (non-hydrogen) atoms. The van der Waals surface area contributed by atoms with Gasteiger partial charge in [0.25, 0.3) is 0 Å². The summed E-state index contributed by atoms with van der Waals surface area (Å²) in [6.45, 7) is 0.781. The molecule has 0 amide bonds. The van der Waals surface area contributed by atoms with E-state index < -0.39 is 0 Å². The summed E-state index contributed by atoms with van der Waals surface area (Å²) in [5.41, 5.74) is 2.73. The number of halogens is 2. The number of hydrogen-bond donors (Lipinski definition) is 2. The van der Waals surface area contributed by atoms with Crippen LogP contribution in [0, 0.1) is 0 Å². The molecule has 0 spiro atoms. The zero-order valence-corrected chi connectivity index (χ0v) is 8.97. The first-order valence-electron chi connectivity index (χ1n) is 3.82. The van der Waals surface area contributed by atoms with Crippen molar-refractivity contribution in [2.24, 2.45) is 5.84 Å². The van der Waals surface area contributed by atoms with E-state index in [2.05, 4.69) is 5.43 Å². The first kappa shape index (κ1) is 15.0. The molecule has 0 bridgehead atoms. The molecule has 1 rings (SSSR count). The largest absolute Gasteiger partial charge is 0.377 e. The van der Waals surface area contributed by atoms with Gasteiger partial charge in [-0.1, -0.05) is 12.8 Å². The average Bonchev–Trinajstić information content (AvgIpc) is 2.39. The van der Waals surface area contributed by atoms with Crippen LogP contribution >= 0.6 is 24.8 Å². The Morgan fingerprint density at radius 2 is 1.83 bits per heavy atom. The second-order valence-electron chi connectivity index (χ2n) is 2.98. The van der Waals surface area contributed by atoms with Crippen LogP contribution in [0.4, 0.5) is 0 Å². The van der Waals surface area contributed by atoms with Crippen molar-refractivity contribution in [1.29, 1.82) is 0 Å². The fourth-order valence-electron chi connectivity index (χ4n) is 1.66. The molecule has 0 atom stereocenters. The van der Waals surface area contributed by atoms with Crippen LogP contribution in [0.1, 0.15) is 25.7 Å². The molecular weight excluding hydrogens is 199 g/mol. The number of hydrazine groups is 1. The predicted octanol–water partition coefficient (Wildman–Crippen LogP) is 1.25. The second kappa shape index (κ2) is 6.92. The molecule has 3 N–H and O–H groups in total. The van der Waals surface area contributed by atoms with Crippen molar-refractivity contribution >= 4 is 24.8 Å². The van der Waals surface area contributed by atoms with Crippen LogP contribution in [-0.4, -0.2) is 19.3 Å². The highest BCUT2D eigenvalue weighted by molar-refractivity contribution is 5.85. The standard InChI is InChI=1S/C7H16N2O.2ClH/c1-10-7(6-9-8)4-2-3-5-7;;/h9H,2-6,8H2,1H3;2*1H. The fraction of sp³-hybridized carbons (Fsp3) is 1.00. The summed E-state index contributed by atoms with van der Waals surface area (Å²) in [6.07, 6.45) is 4.84. The van der Waals surface area contributed by atoms with Gasteiger partial charge in [0.1, 0.15) is 0 Å². The number of rotatable bonds is 3. The van der Waals surface area contributed by atoms with Gasteiger partial charge in [-0.2, -0.15) is 0 Å². The number of nitrogens with one attached hydrogen (secondary N) is 1. The zero-order valence-electron chi connectivity index (χ0n) is 7.34. The van der Waals surface area contributed by atoms with Crippen molar-refractivity contribution in [2.45, 2.75) is 31.3 Å².